The molecule has 194 valence electrons. The fourth-order valence-electron chi connectivity index (χ4n) is 5.01. The van der Waals surface area contributed by atoms with E-state index in [4.69, 9.17) is 16.3 Å². The van der Waals surface area contributed by atoms with Crippen molar-refractivity contribution in [1.82, 2.24) is 15.0 Å². The van der Waals surface area contributed by atoms with Crippen LogP contribution in [-0.2, 0) is 4.74 Å². The molecule has 0 aromatic carbocycles. The number of nitro groups is 1. The van der Waals surface area contributed by atoms with Gasteiger partial charge in [-0.3, -0.25) is 15.0 Å². The van der Waals surface area contributed by atoms with Gasteiger partial charge in [0, 0.05) is 25.7 Å². The molecule has 11 heteroatoms. The van der Waals surface area contributed by atoms with E-state index >= 15 is 0 Å². The van der Waals surface area contributed by atoms with Gasteiger partial charge >= 0.3 is 6.09 Å². The molecule has 0 N–H and O–H groups in total. The molecule has 2 fully saturated rings. The van der Waals surface area contributed by atoms with Crippen LogP contribution in [0.15, 0.2) is 24.7 Å². The molecule has 3 heterocycles. The summed E-state index contributed by atoms with van der Waals surface area (Å²) in [4.78, 5) is 40.3. The first kappa shape index (κ1) is 26.1. The van der Waals surface area contributed by atoms with E-state index in [0.717, 1.165) is 44.7 Å². The molecule has 36 heavy (non-hydrogen) atoms. The molecular weight excluding hydrogens is 484 g/mol. The normalized spacial score (nSPS) is 20.2. The van der Waals surface area contributed by atoms with E-state index in [1.54, 1.807) is 19.3 Å². The second kappa shape index (κ2) is 10.5. The molecule has 2 aromatic heterocycles. The van der Waals surface area contributed by atoms with Crippen molar-refractivity contribution in [2.24, 2.45) is 17.8 Å². The van der Waals surface area contributed by atoms with E-state index < -0.39 is 16.6 Å². The molecule has 2 aromatic rings. The van der Waals surface area contributed by atoms with Crippen LogP contribution in [0.4, 0.5) is 22.2 Å². The third-order valence-corrected chi connectivity index (χ3v) is 7.05. The van der Waals surface area contributed by atoms with Crippen LogP contribution in [0.3, 0.4) is 0 Å². The van der Waals surface area contributed by atoms with Gasteiger partial charge in [0.2, 0.25) is 5.95 Å². The third kappa shape index (κ3) is 6.40. The van der Waals surface area contributed by atoms with Crippen LogP contribution >= 0.6 is 11.6 Å². The fourth-order valence-corrected chi connectivity index (χ4v) is 5.11. The first-order chi connectivity index (χ1) is 17.0. The predicted octanol–water partition coefficient (Wildman–Crippen LogP) is 5.43. The first-order valence-electron chi connectivity index (χ1n) is 12.4. The van der Waals surface area contributed by atoms with Crippen molar-refractivity contribution in [1.29, 1.82) is 0 Å². The lowest BCUT2D eigenvalue weighted by molar-refractivity contribution is -0.385. The molecule has 2 atom stereocenters. The van der Waals surface area contributed by atoms with E-state index in [-0.39, 0.29) is 5.69 Å². The molecule has 0 spiro atoms. The molecule has 0 radical (unpaired) electrons. The number of ether oxygens (including phenoxy) is 1. The number of carbonyl (C=O) groups excluding carboxylic acids is 1. The van der Waals surface area contributed by atoms with Crippen molar-refractivity contribution < 1.29 is 14.5 Å². The molecule has 1 saturated heterocycles. The smallest absolute Gasteiger partial charge is 0.416 e. The Morgan fingerprint density at radius 2 is 1.89 bits per heavy atom. The van der Waals surface area contributed by atoms with Crippen LogP contribution in [0.5, 0.6) is 0 Å². The predicted molar refractivity (Wildman–Crippen MR) is 137 cm³/mol. The largest absolute Gasteiger partial charge is 0.443 e. The molecule has 4 rings (SSSR count). The minimum absolute atomic E-state index is 0.0991. The van der Waals surface area contributed by atoms with E-state index in [2.05, 4.69) is 19.9 Å². The Morgan fingerprint density at radius 1 is 1.22 bits per heavy atom. The highest BCUT2D eigenvalue weighted by molar-refractivity contribution is 6.30. The summed E-state index contributed by atoms with van der Waals surface area (Å²) >= 11 is 5.90. The van der Waals surface area contributed by atoms with Gasteiger partial charge in [-0.05, 0) is 76.7 Å². The van der Waals surface area contributed by atoms with Gasteiger partial charge in [-0.25, -0.2) is 19.7 Å². The number of aryl methyl sites for hydroxylation is 1. The number of anilines is 2. The highest BCUT2D eigenvalue weighted by atomic mass is 35.5. The van der Waals surface area contributed by atoms with Crippen molar-refractivity contribution in [3.05, 3.63) is 45.4 Å². The fraction of sp³-hybridized carbons (Fsp3) is 0.600. The lowest BCUT2D eigenvalue weighted by Crippen LogP contribution is -2.38. The zero-order valence-electron chi connectivity index (χ0n) is 21.2. The quantitative estimate of drug-likeness (QED) is 0.353. The van der Waals surface area contributed by atoms with Gasteiger partial charge in [0.1, 0.15) is 17.6 Å². The summed E-state index contributed by atoms with van der Waals surface area (Å²) in [6.07, 6.45) is 8.13. The monoisotopic (exact) mass is 516 g/mol. The van der Waals surface area contributed by atoms with E-state index in [0.29, 0.717) is 40.7 Å². The lowest BCUT2D eigenvalue weighted by Gasteiger charge is -2.32. The van der Waals surface area contributed by atoms with Crippen LogP contribution in [-0.4, -0.2) is 51.2 Å². The van der Waals surface area contributed by atoms with Gasteiger partial charge < -0.3 is 9.64 Å². The zero-order chi connectivity index (χ0) is 26.0. The van der Waals surface area contributed by atoms with Crippen LogP contribution in [0.25, 0.3) is 0 Å². The summed E-state index contributed by atoms with van der Waals surface area (Å²) in [5, 5.41) is 11.7. The van der Waals surface area contributed by atoms with Crippen molar-refractivity contribution in [2.75, 3.05) is 29.4 Å². The Hall–Kier alpha value is -3.01. The minimum Gasteiger partial charge on any atom is -0.443 e. The van der Waals surface area contributed by atoms with E-state index in [1.165, 1.54) is 17.2 Å². The van der Waals surface area contributed by atoms with Crippen molar-refractivity contribution in [3.8, 4) is 0 Å². The van der Waals surface area contributed by atoms with Gasteiger partial charge in [0.05, 0.1) is 22.3 Å². The number of hydrogen-bond donors (Lipinski definition) is 0. The minimum atomic E-state index is -0.659. The Morgan fingerprint density at radius 3 is 2.47 bits per heavy atom. The summed E-state index contributed by atoms with van der Waals surface area (Å²) in [7, 11) is 0. The summed E-state index contributed by atoms with van der Waals surface area (Å²) < 4.78 is 5.63. The molecule has 2 unspecified atom stereocenters. The molecule has 1 amide bonds. The third-order valence-electron chi connectivity index (χ3n) is 6.85. The average molecular weight is 517 g/mol. The number of piperidine rings is 1. The molecular formula is C25H33ClN6O4. The van der Waals surface area contributed by atoms with Crippen LogP contribution in [0.2, 0.25) is 5.02 Å². The Bertz CT molecular complexity index is 1100. The van der Waals surface area contributed by atoms with Crippen LogP contribution in [0, 0.1) is 34.8 Å². The van der Waals surface area contributed by atoms with Gasteiger partial charge in [-0.1, -0.05) is 11.6 Å². The first-order valence-corrected chi connectivity index (χ1v) is 12.7. The van der Waals surface area contributed by atoms with Crippen molar-refractivity contribution in [2.45, 2.75) is 59.0 Å². The van der Waals surface area contributed by atoms with Gasteiger partial charge in [-0.15, -0.1) is 0 Å². The Labute approximate surface area is 216 Å². The maximum Gasteiger partial charge on any atom is 0.416 e. The number of rotatable bonds is 7. The molecule has 10 nitrogen and oxygen atoms in total. The maximum absolute atomic E-state index is 13.0. The van der Waals surface area contributed by atoms with Gasteiger partial charge in [-0.2, -0.15) is 0 Å². The number of carbonyl (C=O) groups is 1. The molecule has 0 bridgehead atoms. The Kier molecular flexibility index (Phi) is 7.63. The second-order valence-electron chi connectivity index (χ2n) is 10.7. The molecule has 1 aliphatic heterocycles. The van der Waals surface area contributed by atoms with Crippen molar-refractivity contribution in [3.63, 3.8) is 0 Å². The summed E-state index contributed by atoms with van der Waals surface area (Å²) in [6, 6.07) is 1.44. The maximum atomic E-state index is 13.0. The molecule has 2 aliphatic rings. The topological polar surface area (TPSA) is 115 Å². The number of halogens is 1. The number of nitrogens with zero attached hydrogens (tertiary/aromatic N) is 6. The summed E-state index contributed by atoms with van der Waals surface area (Å²) in [5.41, 5.74) is -0.189. The van der Waals surface area contributed by atoms with Gasteiger partial charge in [0.25, 0.3) is 5.69 Å². The molecule has 1 saturated carbocycles. The van der Waals surface area contributed by atoms with E-state index in [9.17, 15) is 14.9 Å². The van der Waals surface area contributed by atoms with Crippen molar-refractivity contribution >= 4 is 35.1 Å². The molecule has 1 aliphatic carbocycles. The lowest BCUT2D eigenvalue weighted by atomic mass is 9.90. The zero-order valence-corrected chi connectivity index (χ0v) is 21.9. The van der Waals surface area contributed by atoms with Gasteiger partial charge in [0.15, 0.2) is 0 Å². The average Bonchev–Trinajstić information content (AvgIpc) is 3.59. The highest BCUT2D eigenvalue weighted by Crippen LogP contribution is 2.50. The number of amides is 1. The van der Waals surface area contributed by atoms with Crippen LogP contribution in [0.1, 0.15) is 52.0 Å². The summed E-state index contributed by atoms with van der Waals surface area (Å²) in [5.74, 6) is 2.96. The summed E-state index contributed by atoms with van der Waals surface area (Å²) in [6.45, 7) is 9.48. The SMILES string of the molecule is Cc1cc([N+](=O)[O-])cnc1N(CCC1CC1C1CCN(c2ncc(Cl)cn2)CC1)C(=O)OC(C)(C)C. The second-order valence-corrected chi connectivity index (χ2v) is 11.1. The Balaban J connectivity index is 1.36. The van der Waals surface area contributed by atoms with Crippen LogP contribution < -0.4 is 9.80 Å². The highest BCUT2D eigenvalue weighted by Gasteiger charge is 2.44. The van der Waals surface area contributed by atoms with E-state index in [1.807, 2.05) is 20.8 Å². The number of pyridine rings is 1. The standard InChI is InChI=1S/C25H33ClN6O4/c1-16-11-20(32(34)35)15-27-22(16)31(24(33)36-25(2,3)4)10-7-18-12-21(18)17-5-8-30(9-6-17)23-28-13-19(26)14-29-23/h11,13-15,17-18,21H,5-10,12H2,1-4H3. The number of hydrogen-bond acceptors (Lipinski definition) is 8. The number of aromatic nitrogens is 3.